The van der Waals surface area contributed by atoms with Gasteiger partial charge in [0.2, 0.25) is 0 Å². The van der Waals surface area contributed by atoms with E-state index in [0.717, 1.165) is 6.92 Å². The van der Waals surface area contributed by atoms with E-state index in [-0.39, 0.29) is 34.3 Å². The van der Waals surface area contributed by atoms with Gasteiger partial charge in [-0.2, -0.15) is 0 Å². The summed E-state index contributed by atoms with van der Waals surface area (Å²) in [4.78, 5) is 24.4. The molecule has 0 bridgehead atoms. The van der Waals surface area contributed by atoms with Crippen molar-refractivity contribution in [2.75, 3.05) is 0 Å². The highest BCUT2D eigenvalue weighted by Gasteiger charge is 2.43. The first-order valence-corrected chi connectivity index (χ1v) is 9.63. The maximum absolute atomic E-state index is 12.4. The van der Waals surface area contributed by atoms with Crippen LogP contribution in [-0.2, 0) is 11.2 Å². The zero-order chi connectivity index (χ0) is 23.1. The standard InChI is InChI=1S/C22H28O8/c1-6-7-13(24)15-17(26)9(2)16(25)11(18(15)27)8-12-19(28)14(10(3)23)21(30)22(4,5)20(12)29/h19,25-30H,6-8H2,1-5H3. The maximum Gasteiger partial charge on any atom is 0.170 e. The molecule has 8 heteroatoms. The van der Waals surface area contributed by atoms with E-state index in [1.165, 1.54) is 20.8 Å². The summed E-state index contributed by atoms with van der Waals surface area (Å²) in [7, 11) is 0. The van der Waals surface area contributed by atoms with Crippen LogP contribution in [0.1, 0.15) is 62.0 Å². The highest BCUT2D eigenvalue weighted by molar-refractivity contribution is 6.02. The molecular weight excluding hydrogens is 392 g/mol. The number of carbonyl (C=O) groups excluding carboxylic acids is 2. The van der Waals surface area contributed by atoms with E-state index in [4.69, 9.17) is 0 Å². The van der Waals surface area contributed by atoms with Gasteiger partial charge in [0.15, 0.2) is 11.6 Å². The van der Waals surface area contributed by atoms with Gasteiger partial charge in [0.25, 0.3) is 0 Å². The van der Waals surface area contributed by atoms with Crippen LogP contribution in [0.3, 0.4) is 0 Å². The van der Waals surface area contributed by atoms with Crippen molar-refractivity contribution in [2.45, 2.75) is 60.0 Å². The van der Waals surface area contributed by atoms with Crippen LogP contribution < -0.4 is 0 Å². The summed E-state index contributed by atoms with van der Waals surface area (Å²) >= 11 is 0. The van der Waals surface area contributed by atoms with Gasteiger partial charge in [-0.25, -0.2) is 0 Å². The Morgan fingerprint density at radius 2 is 1.53 bits per heavy atom. The highest BCUT2D eigenvalue weighted by atomic mass is 16.3. The second kappa shape index (κ2) is 8.02. The van der Waals surface area contributed by atoms with Crippen molar-refractivity contribution < 1.29 is 40.2 Å². The summed E-state index contributed by atoms with van der Waals surface area (Å²) in [5.74, 6) is -3.75. The molecule has 0 fully saturated rings. The lowest BCUT2D eigenvalue weighted by Crippen LogP contribution is -2.35. The third-order valence-electron chi connectivity index (χ3n) is 5.60. The van der Waals surface area contributed by atoms with E-state index in [0.29, 0.717) is 6.42 Å². The zero-order valence-electron chi connectivity index (χ0n) is 17.7. The fraction of sp³-hybridized carbons (Fsp3) is 0.455. The van der Waals surface area contributed by atoms with Crippen molar-refractivity contribution in [3.8, 4) is 17.2 Å². The van der Waals surface area contributed by atoms with E-state index < -0.39 is 58.3 Å². The molecule has 1 atom stereocenters. The molecule has 0 heterocycles. The van der Waals surface area contributed by atoms with E-state index in [9.17, 15) is 40.2 Å². The molecule has 6 N–H and O–H groups in total. The Bertz CT molecular complexity index is 982. The van der Waals surface area contributed by atoms with Gasteiger partial charge in [0.1, 0.15) is 40.4 Å². The Labute approximate surface area is 174 Å². The lowest BCUT2D eigenvalue weighted by atomic mass is 9.74. The van der Waals surface area contributed by atoms with Crippen LogP contribution in [0.4, 0.5) is 0 Å². The van der Waals surface area contributed by atoms with Crippen LogP contribution in [0.5, 0.6) is 17.2 Å². The summed E-state index contributed by atoms with van der Waals surface area (Å²) < 4.78 is 0. The van der Waals surface area contributed by atoms with Crippen LogP contribution in [-0.4, -0.2) is 48.3 Å². The first-order chi connectivity index (χ1) is 13.8. The molecule has 1 aliphatic carbocycles. The molecule has 164 valence electrons. The van der Waals surface area contributed by atoms with Crippen molar-refractivity contribution in [3.05, 3.63) is 39.4 Å². The molecule has 30 heavy (non-hydrogen) atoms. The highest BCUT2D eigenvalue weighted by Crippen LogP contribution is 2.47. The number of hydrogen-bond donors (Lipinski definition) is 6. The number of aliphatic hydroxyl groups excluding tert-OH is 3. The van der Waals surface area contributed by atoms with E-state index in [1.807, 2.05) is 0 Å². The molecule has 8 nitrogen and oxygen atoms in total. The van der Waals surface area contributed by atoms with Crippen LogP contribution in [0, 0.1) is 12.3 Å². The van der Waals surface area contributed by atoms with Crippen LogP contribution in [0.25, 0.3) is 0 Å². The topological polar surface area (TPSA) is 156 Å². The molecule has 0 spiro atoms. The second-order valence-corrected chi connectivity index (χ2v) is 8.09. The van der Waals surface area contributed by atoms with Crippen molar-refractivity contribution >= 4 is 11.6 Å². The minimum absolute atomic E-state index is 0.0444. The first kappa shape index (κ1) is 23.3. The summed E-state index contributed by atoms with van der Waals surface area (Å²) in [6, 6.07) is 0. The number of ketones is 2. The molecule has 1 aliphatic rings. The largest absolute Gasteiger partial charge is 0.511 e. The number of benzene rings is 1. The average molecular weight is 420 g/mol. The molecule has 0 aliphatic heterocycles. The second-order valence-electron chi connectivity index (χ2n) is 8.09. The van der Waals surface area contributed by atoms with Gasteiger partial charge < -0.3 is 30.6 Å². The van der Waals surface area contributed by atoms with Crippen molar-refractivity contribution in [3.63, 3.8) is 0 Å². The van der Waals surface area contributed by atoms with Gasteiger partial charge in [0, 0.05) is 29.5 Å². The zero-order valence-corrected chi connectivity index (χ0v) is 17.7. The van der Waals surface area contributed by atoms with Crippen molar-refractivity contribution in [1.29, 1.82) is 0 Å². The van der Waals surface area contributed by atoms with Gasteiger partial charge in [-0.05, 0) is 34.1 Å². The summed E-state index contributed by atoms with van der Waals surface area (Å²) in [5, 5.41) is 63.2. The molecular formula is C22H28O8. The summed E-state index contributed by atoms with van der Waals surface area (Å²) in [6.07, 6.45) is -1.58. The molecule has 0 aromatic heterocycles. The van der Waals surface area contributed by atoms with Crippen LogP contribution in [0.2, 0.25) is 0 Å². The Hall–Kier alpha value is -3.00. The SMILES string of the molecule is CCCC(=O)c1c(O)c(C)c(O)c(CC2=C(O)C(C)(C)C(O)=C(C(C)=O)C2O)c1O. The molecule has 0 saturated heterocycles. The molecule has 1 aromatic carbocycles. The van der Waals surface area contributed by atoms with Gasteiger partial charge in [0.05, 0.1) is 11.0 Å². The molecule has 1 unspecified atom stereocenters. The Morgan fingerprint density at radius 1 is 0.967 bits per heavy atom. The first-order valence-electron chi connectivity index (χ1n) is 9.63. The Balaban J connectivity index is 2.72. The monoisotopic (exact) mass is 420 g/mol. The molecule has 1 aromatic rings. The Kier molecular flexibility index (Phi) is 6.23. The number of aliphatic hydroxyl groups is 3. The maximum atomic E-state index is 12.4. The van der Waals surface area contributed by atoms with E-state index in [2.05, 4.69) is 0 Å². The minimum Gasteiger partial charge on any atom is -0.511 e. The fourth-order valence-corrected chi connectivity index (χ4v) is 3.70. The van der Waals surface area contributed by atoms with Gasteiger partial charge >= 0.3 is 0 Å². The number of rotatable bonds is 6. The number of phenolic OH excluding ortho intramolecular Hbond substituents is 3. The number of carbonyl (C=O) groups is 2. The third kappa shape index (κ3) is 3.52. The van der Waals surface area contributed by atoms with E-state index >= 15 is 0 Å². The third-order valence-corrected chi connectivity index (χ3v) is 5.60. The normalized spacial score (nSPS) is 18.7. The van der Waals surface area contributed by atoms with Crippen LogP contribution >= 0.6 is 0 Å². The van der Waals surface area contributed by atoms with Crippen molar-refractivity contribution in [1.82, 2.24) is 0 Å². The predicted octanol–water partition coefficient (Wildman–Crippen LogP) is 3.25. The minimum atomic E-state index is -1.68. The van der Waals surface area contributed by atoms with Crippen LogP contribution in [0.15, 0.2) is 22.7 Å². The number of phenols is 3. The summed E-state index contributed by atoms with van der Waals surface area (Å²) in [6.45, 7) is 7.17. The molecule has 0 amide bonds. The predicted molar refractivity (Wildman–Crippen MR) is 109 cm³/mol. The average Bonchev–Trinajstić information content (AvgIpc) is 2.65. The lowest BCUT2D eigenvalue weighted by molar-refractivity contribution is -0.114. The van der Waals surface area contributed by atoms with Gasteiger partial charge in [-0.1, -0.05) is 6.92 Å². The molecule has 0 radical (unpaired) electrons. The Morgan fingerprint density at radius 3 is 2.03 bits per heavy atom. The van der Waals surface area contributed by atoms with Crippen molar-refractivity contribution in [2.24, 2.45) is 5.41 Å². The number of Topliss-reactive ketones (excluding diaryl/α,β-unsaturated/α-hetero) is 2. The number of aromatic hydroxyl groups is 3. The van der Waals surface area contributed by atoms with Gasteiger partial charge in [-0.15, -0.1) is 0 Å². The summed E-state index contributed by atoms with van der Waals surface area (Å²) in [5.41, 5.74) is -2.40. The molecule has 2 rings (SSSR count). The fourth-order valence-electron chi connectivity index (χ4n) is 3.70. The number of hydrogen-bond acceptors (Lipinski definition) is 8. The molecule has 0 saturated carbocycles. The van der Waals surface area contributed by atoms with Gasteiger partial charge in [-0.3, -0.25) is 9.59 Å². The lowest BCUT2D eigenvalue weighted by Gasteiger charge is -2.35. The van der Waals surface area contributed by atoms with E-state index in [1.54, 1.807) is 6.92 Å². The quantitative estimate of drug-likeness (QED) is 0.383. The smallest absolute Gasteiger partial charge is 0.170 e.